The molecule has 4 amide bonds. The van der Waals surface area contributed by atoms with E-state index in [4.69, 9.17) is 9.47 Å². The van der Waals surface area contributed by atoms with Crippen LogP contribution in [-0.2, 0) is 30.5 Å². The molecule has 12 nitrogen and oxygen atoms in total. The molecule has 0 unspecified atom stereocenters. The van der Waals surface area contributed by atoms with Crippen LogP contribution in [0.4, 0.5) is 4.79 Å². The van der Waals surface area contributed by atoms with Crippen LogP contribution in [0.5, 0.6) is 0 Å². The van der Waals surface area contributed by atoms with Crippen molar-refractivity contribution in [1.29, 1.82) is 0 Å². The maximum absolute atomic E-state index is 13.9. The van der Waals surface area contributed by atoms with E-state index in [1.807, 2.05) is 30.3 Å². The zero-order valence-electron chi connectivity index (χ0n) is 33.5. The number of benzene rings is 1. The summed E-state index contributed by atoms with van der Waals surface area (Å²) in [6.45, 7) is 5.61. The van der Waals surface area contributed by atoms with E-state index in [1.165, 1.54) is 77.6 Å². The highest BCUT2D eigenvalue weighted by atomic mass is 16.5. The molecule has 1 fully saturated rings. The fraction of sp³-hybridized carbons (Fsp3) is 0.762. The highest BCUT2D eigenvalue weighted by Crippen LogP contribution is 2.26. The van der Waals surface area contributed by atoms with Gasteiger partial charge in [0.05, 0.1) is 6.54 Å². The number of amides is 4. The van der Waals surface area contributed by atoms with E-state index < -0.39 is 48.5 Å². The Labute approximate surface area is 324 Å². The summed E-state index contributed by atoms with van der Waals surface area (Å²) in [7, 11) is 0. The van der Waals surface area contributed by atoms with Gasteiger partial charge in [0.2, 0.25) is 17.7 Å². The van der Waals surface area contributed by atoms with Crippen LogP contribution < -0.4 is 16.0 Å². The number of nitrogens with one attached hydrogen (secondary N) is 3. The molecule has 308 valence electrons. The maximum atomic E-state index is 13.9. The molecular weight excluding hydrogens is 688 g/mol. The third-order valence-electron chi connectivity index (χ3n) is 10.1. The van der Waals surface area contributed by atoms with Crippen LogP contribution in [0.1, 0.15) is 155 Å². The SMILES string of the molecule is CCCCCCCCCCCCN(C(=O)CCCCCCCCCCC)[C@@H]1O[C@H](CNC(=O)CNC(=O)OCc2ccccc2)[C@@H](O)[C@H](O)[C@H]1NC(C)=O. The smallest absolute Gasteiger partial charge is 0.407 e. The Morgan fingerprint density at radius 2 is 1.26 bits per heavy atom. The van der Waals surface area contributed by atoms with Gasteiger partial charge in [0.15, 0.2) is 6.23 Å². The van der Waals surface area contributed by atoms with Crippen molar-refractivity contribution in [3.63, 3.8) is 0 Å². The van der Waals surface area contributed by atoms with Gasteiger partial charge < -0.3 is 40.5 Å². The summed E-state index contributed by atoms with van der Waals surface area (Å²) >= 11 is 0. The fourth-order valence-corrected chi connectivity index (χ4v) is 6.87. The monoisotopic (exact) mass is 761 g/mol. The maximum Gasteiger partial charge on any atom is 0.407 e. The van der Waals surface area contributed by atoms with Gasteiger partial charge in [-0.2, -0.15) is 0 Å². The highest BCUT2D eigenvalue weighted by Gasteiger charge is 2.48. The second-order valence-electron chi connectivity index (χ2n) is 14.8. The zero-order valence-corrected chi connectivity index (χ0v) is 33.5. The molecule has 54 heavy (non-hydrogen) atoms. The first-order valence-electron chi connectivity index (χ1n) is 21.0. The molecule has 0 spiro atoms. The van der Waals surface area contributed by atoms with Crippen LogP contribution in [0.25, 0.3) is 0 Å². The number of alkyl carbamates (subject to hydrolysis) is 1. The second kappa shape index (κ2) is 29.1. The Morgan fingerprint density at radius 3 is 1.81 bits per heavy atom. The summed E-state index contributed by atoms with van der Waals surface area (Å²) in [5.41, 5.74) is 0.806. The first-order valence-corrected chi connectivity index (χ1v) is 21.0. The molecule has 0 radical (unpaired) electrons. The van der Waals surface area contributed by atoms with E-state index >= 15 is 0 Å². The molecule has 1 saturated heterocycles. The summed E-state index contributed by atoms with van der Waals surface area (Å²) in [6.07, 6.45) is 16.0. The van der Waals surface area contributed by atoms with Gasteiger partial charge in [0.1, 0.15) is 31.0 Å². The van der Waals surface area contributed by atoms with Crippen molar-refractivity contribution in [3.8, 4) is 0 Å². The molecular formula is C42H72N4O8. The second-order valence-corrected chi connectivity index (χ2v) is 14.8. The van der Waals surface area contributed by atoms with Gasteiger partial charge in [-0.3, -0.25) is 14.4 Å². The van der Waals surface area contributed by atoms with Gasteiger partial charge in [-0.25, -0.2) is 4.79 Å². The normalized spacial score (nSPS) is 19.5. The molecule has 1 aliphatic rings. The van der Waals surface area contributed by atoms with Gasteiger partial charge >= 0.3 is 6.09 Å². The number of aliphatic hydroxyl groups excluding tert-OH is 2. The summed E-state index contributed by atoms with van der Waals surface area (Å²) < 4.78 is 11.5. The Kier molecular flexibility index (Phi) is 25.3. The number of rotatable bonds is 29. The Hall–Kier alpha value is -3.22. The number of aliphatic hydroxyl groups is 2. The number of carbonyl (C=O) groups is 4. The lowest BCUT2D eigenvalue weighted by Gasteiger charge is -2.47. The number of carbonyl (C=O) groups excluding carboxylic acids is 4. The number of hydrogen-bond acceptors (Lipinski definition) is 8. The number of nitrogens with zero attached hydrogens (tertiary/aromatic N) is 1. The van der Waals surface area contributed by atoms with E-state index in [9.17, 15) is 29.4 Å². The Balaban J connectivity index is 2.02. The van der Waals surface area contributed by atoms with Crippen molar-refractivity contribution >= 4 is 23.8 Å². The number of ether oxygens (including phenoxy) is 2. The Bertz CT molecular complexity index is 1170. The molecule has 1 heterocycles. The van der Waals surface area contributed by atoms with Crippen LogP contribution in [0, 0.1) is 0 Å². The lowest BCUT2D eigenvalue weighted by molar-refractivity contribution is -0.223. The van der Waals surface area contributed by atoms with Crippen molar-refractivity contribution in [1.82, 2.24) is 20.9 Å². The van der Waals surface area contributed by atoms with Crippen LogP contribution in [-0.4, -0.2) is 89.1 Å². The molecule has 1 aromatic rings. The molecule has 1 aliphatic heterocycles. The van der Waals surface area contributed by atoms with Crippen LogP contribution >= 0.6 is 0 Å². The highest BCUT2D eigenvalue weighted by molar-refractivity contribution is 5.82. The topological polar surface area (TPSA) is 167 Å². The fourth-order valence-electron chi connectivity index (χ4n) is 6.87. The van der Waals surface area contributed by atoms with Crippen molar-refractivity contribution in [2.75, 3.05) is 19.6 Å². The van der Waals surface area contributed by atoms with Crippen LogP contribution in [0.2, 0.25) is 0 Å². The third kappa shape index (κ3) is 19.9. The first kappa shape index (κ1) is 46.9. The summed E-state index contributed by atoms with van der Waals surface area (Å²) in [6, 6.07) is 8.08. The minimum absolute atomic E-state index is 0.0542. The van der Waals surface area contributed by atoms with Gasteiger partial charge in [-0.05, 0) is 18.4 Å². The molecule has 0 aromatic heterocycles. The van der Waals surface area contributed by atoms with Crippen molar-refractivity contribution < 1.29 is 38.9 Å². The third-order valence-corrected chi connectivity index (χ3v) is 10.1. The molecule has 0 bridgehead atoms. The number of hydrogen-bond donors (Lipinski definition) is 5. The summed E-state index contributed by atoms with van der Waals surface area (Å²) in [5.74, 6) is -1.11. The average Bonchev–Trinajstić information content (AvgIpc) is 3.16. The standard InChI is InChI=1S/C42H72N4O8/c1-4-6-8-10-12-14-16-18-20-25-29-46(37(49)28-24-19-17-15-13-11-9-7-5-2)41-38(45-33(3)47)40(51)39(50)35(54-41)30-43-36(48)31-44-42(52)53-32-34-26-22-21-23-27-34/h21-23,26-27,35,38-41,50-51H,4-20,24-25,28-32H2,1-3H3,(H,43,48)(H,44,52)(H,45,47)/t35-,38-,39-,40-,41-/m1/s1. The largest absolute Gasteiger partial charge is 0.445 e. The molecule has 12 heteroatoms. The van der Waals surface area contributed by atoms with Crippen molar-refractivity contribution in [2.45, 2.75) is 186 Å². The van der Waals surface area contributed by atoms with Crippen LogP contribution in [0.15, 0.2) is 30.3 Å². The van der Waals surface area contributed by atoms with E-state index in [0.717, 1.165) is 56.9 Å². The first-order chi connectivity index (χ1) is 26.2. The summed E-state index contributed by atoms with van der Waals surface area (Å²) in [4.78, 5) is 52.6. The molecule has 2 rings (SSSR count). The quantitative estimate of drug-likeness (QED) is 0.0567. The lowest BCUT2D eigenvalue weighted by atomic mass is 9.94. The summed E-state index contributed by atoms with van der Waals surface area (Å²) in [5, 5.41) is 30.1. The minimum Gasteiger partial charge on any atom is -0.445 e. The molecule has 0 saturated carbocycles. The molecule has 5 N–H and O–H groups in total. The average molecular weight is 761 g/mol. The molecule has 1 aromatic carbocycles. The van der Waals surface area contributed by atoms with Gasteiger partial charge in [0, 0.05) is 26.4 Å². The van der Waals surface area contributed by atoms with E-state index in [2.05, 4.69) is 29.8 Å². The lowest BCUT2D eigenvalue weighted by Crippen LogP contribution is -2.69. The number of unbranched alkanes of at least 4 members (excludes halogenated alkanes) is 17. The van der Waals surface area contributed by atoms with Gasteiger partial charge in [-0.15, -0.1) is 0 Å². The predicted octanol–water partition coefficient (Wildman–Crippen LogP) is 6.65. The van der Waals surface area contributed by atoms with Gasteiger partial charge in [0.25, 0.3) is 0 Å². The van der Waals surface area contributed by atoms with E-state index in [0.29, 0.717) is 13.0 Å². The van der Waals surface area contributed by atoms with Crippen molar-refractivity contribution in [3.05, 3.63) is 35.9 Å². The Morgan fingerprint density at radius 1 is 0.722 bits per heavy atom. The molecule has 5 atom stereocenters. The molecule has 0 aliphatic carbocycles. The van der Waals surface area contributed by atoms with E-state index in [-0.39, 0.29) is 25.6 Å². The van der Waals surface area contributed by atoms with Gasteiger partial charge in [-0.1, -0.05) is 153 Å². The van der Waals surface area contributed by atoms with Crippen LogP contribution in [0.3, 0.4) is 0 Å². The van der Waals surface area contributed by atoms with Crippen molar-refractivity contribution in [2.24, 2.45) is 0 Å². The zero-order chi connectivity index (χ0) is 39.4. The van der Waals surface area contributed by atoms with E-state index in [1.54, 1.807) is 4.90 Å². The predicted molar refractivity (Wildman–Crippen MR) is 211 cm³/mol. The minimum atomic E-state index is -1.46.